The van der Waals surface area contributed by atoms with Crippen LogP contribution in [-0.4, -0.2) is 252 Å². The average molecular weight is 1940 g/mol. The second-order valence-corrected chi connectivity index (χ2v) is 49.0. The number of hydrogen-bond donors (Lipinski definition) is 1. The molecule has 702 valence electrons. The zero-order valence-electron chi connectivity index (χ0n) is 74.7. The number of aromatic amines is 1. The number of benzene rings is 5. The van der Waals surface area contributed by atoms with E-state index in [-0.39, 0.29) is 103 Å². The lowest BCUT2D eigenvalue weighted by Gasteiger charge is -2.25. The van der Waals surface area contributed by atoms with E-state index in [1.807, 2.05) is 71.0 Å². The summed E-state index contributed by atoms with van der Waals surface area (Å²) in [6, 6.07) is 30.8. The van der Waals surface area contributed by atoms with Crippen molar-refractivity contribution in [3.63, 3.8) is 0 Å². The Labute approximate surface area is 779 Å². The number of amides is 5. The number of allylic oxidation sites excluding steroid dienone is 4. The molecule has 9 heterocycles. The van der Waals surface area contributed by atoms with Crippen LogP contribution in [0.1, 0.15) is 130 Å². The van der Waals surface area contributed by atoms with Crippen molar-refractivity contribution in [2.75, 3.05) is 116 Å². The summed E-state index contributed by atoms with van der Waals surface area (Å²) in [5.41, 5.74) is 9.53. The Bertz CT molecular complexity index is 5850. The molecule has 0 radical (unpaired) electrons. The minimum atomic E-state index is -3.16. The van der Waals surface area contributed by atoms with Crippen LogP contribution in [0.25, 0.3) is 0 Å². The molecule has 130 heavy (non-hydrogen) atoms. The molecule has 0 saturated carbocycles. The molecule has 1 aromatic heterocycles. The normalized spacial score (nSPS) is 22.4. The Morgan fingerprint density at radius 2 is 0.769 bits per heavy atom. The molecule has 8 aliphatic heterocycles. The molecule has 5 aromatic carbocycles. The average Bonchev–Trinajstić information content (AvgIpc) is 1.38. The molecule has 14 rings (SSSR count). The second kappa shape index (κ2) is 47.0. The molecular formula is C96H118Cl3F4N11O11S5. The summed E-state index contributed by atoms with van der Waals surface area (Å²) >= 11 is 18.8. The van der Waals surface area contributed by atoms with Crippen molar-refractivity contribution in [3.05, 3.63) is 239 Å². The molecule has 8 unspecified atom stereocenters. The highest BCUT2D eigenvalue weighted by molar-refractivity contribution is 8.01. The topological polar surface area (TPSA) is 282 Å². The third-order valence-corrected chi connectivity index (χ3v) is 34.8. The van der Waals surface area contributed by atoms with E-state index in [0.717, 1.165) is 90.2 Å². The number of carbonyl (C=O) groups is 5. The third kappa shape index (κ3) is 31.6. The Morgan fingerprint density at radius 3 is 1.13 bits per heavy atom. The van der Waals surface area contributed by atoms with Gasteiger partial charge >= 0.3 is 0 Å². The van der Waals surface area contributed by atoms with Crippen molar-refractivity contribution in [1.82, 2.24) is 34.7 Å². The van der Waals surface area contributed by atoms with Gasteiger partial charge in [-0.05, 0) is 261 Å². The third-order valence-electron chi connectivity index (χ3n) is 23.8. The monoisotopic (exact) mass is 1940 g/mol. The van der Waals surface area contributed by atoms with Crippen molar-refractivity contribution in [2.45, 2.75) is 126 Å². The van der Waals surface area contributed by atoms with Gasteiger partial charge in [0.1, 0.15) is 29.0 Å². The van der Waals surface area contributed by atoms with Crippen LogP contribution in [0.5, 0.6) is 0 Å². The Kier molecular flexibility index (Phi) is 37.3. The predicted molar refractivity (Wildman–Crippen MR) is 526 cm³/mol. The van der Waals surface area contributed by atoms with Gasteiger partial charge in [-0.15, -0.1) is 0 Å². The summed E-state index contributed by atoms with van der Waals surface area (Å²) in [5, 5.41) is 8.47. The number of nitrogens with zero attached hydrogens (tertiary/aromatic N) is 10. The standard InChI is InChI=1S/C20H24Cl2N2O2S.C20H24F2N2O2S.C20H25FN2O2S.C19H24FN3O2S.C17H21ClN2O3S/c2*1-14-10-16(11-23-14)20(25)24(8-6-15-7-9-27(2,26)13-15)12-17-18(21)4-3-5-19(17)22;1-15-10-18(12-22-15)20(24)23(13-17-4-3-5-19(21)11-17)8-6-16-7-9-26(2,25)14-16;1-14-11-18(22-21-14)19(24)23(12-16-5-3-4-6-17(16)20)9-7-15-8-10-26(2,25)13-15;1-3-24(22,23)9-8-20(12-14-6-4-5-7-16(14)18)17(21)15-10-13(2)19-11-15/h2*3-5,10,15H,2,6-9,11-13H2,1H3;3-5,10-11,16H,2,6-9,12-14H2,1H3;3-6,11,15H,2,7-10,12-13H2,1H3,(H,21,22);4-7,10H,3,8-9,11-12H2,1-2H3. The zero-order chi connectivity index (χ0) is 94.4. The highest BCUT2D eigenvalue weighted by Crippen LogP contribution is 2.32. The fourth-order valence-corrected chi connectivity index (χ4v) is 26.3. The number of aliphatic imine (C=N–C) groups is 4. The summed E-state index contributed by atoms with van der Waals surface area (Å²) in [7, 11) is -11.0. The van der Waals surface area contributed by atoms with Crippen LogP contribution < -0.4 is 0 Å². The van der Waals surface area contributed by atoms with Crippen molar-refractivity contribution in [3.8, 4) is 0 Å². The van der Waals surface area contributed by atoms with Gasteiger partial charge in [-0.25, -0.2) is 26.0 Å². The largest absolute Gasteiger partial charge is 0.335 e. The predicted octanol–water partition coefficient (Wildman–Crippen LogP) is 14.5. The van der Waals surface area contributed by atoms with Crippen molar-refractivity contribution in [1.29, 1.82) is 0 Å². The van der Waals surface area contributed by atoms with E-state index in [1.54, 1.807) is 88.4 Å². The van der Waals surface area contributed by atoms with Crippen molar-refractivity contribution >= 4 is 159 Å². The first-order chi connectivity index (χ1) is 61.5. The van der Waals surface area contributed by atoms with Crippen LogP contribution in [0, 0.1) is 53.9 Å². The Hall–Kier alpha value is -9.08. The molecule has 4 saturated heterocycles. The maximum atomic E-state index is 14.1. The SMILES string of the molecule is C=S1(=O)CCC(CCN(Cc2c(Cl)cccc2Cl)C(=O)C2=CC(C)=NC2)C1.C=S1(=O)CCC(CCN(Cc2c(F)cccc2F)C(=O)C2=CC(C)=NC2)C1.C=S1(=O)CCC(CCN(Cc2cccc(F)c2)C(=O)C2=CC(C)=NC2)C1.C=S1(=O)CCC(CCN(Cc2ccccc2F)C(=O)c2cc(C)[nH]n2)C1.CCS(=O)(=O)CCN(Cc1ccccc1Cl)C(=O)C1=CC(C)=NC1. The fourth-order valence-electron chi connectivity index (χ4n) is 16.3. The van der Waals surface area contributed by atoms with Crippen LogP contribution in [0.2, 0.25) is 15.1 Å². The molecule has 1 N–H and O–H groups in total. The summed E-state index contributed by atoms with van der Waals surface area (Å²) < 4.78 is 128. The number of aromatic nitrogens is 2. The molecule has 4 fully saturated rings. The summed E-state index contributed by atoms with van der Waals surface area (Å²) in [5.74, 6) is 18.7. The smallest absolute Gasteiger partial charge is 0.274 e. The summed E-state index contributed by atoms with van der Waals surface area (Å²) in [6.07, 6.45) is 13.6. The van der Waals surface area contributed by atoms with Gasteiger partial charge in [0.25, 0.3) is 29.5 Å². The van der Waals surface area contributed by atoms with E-state index < -0.39 is 59.6 Å². The van der Waals surface area contributed by atoms with Gasteiger partial charge < -0.3 is 24.5 Å². The highest BCUT2D eigenvalue weighted by Gasteiger charge is 2.34. The number of H-pyrrole nitrogens is 1. The van der Waals surface area contributed by atoms with Gasteiger partial charge in [0.15, 0.2) is 9.84 Å². The van der Waals surface area contributed by atoms with Gasteiger partial charge in [0.05, 0.1) is 38.5 Å². The van der Waals surface area contributed by atoms with E-state index in [1.165, 1.54) is 46.2 Å². The zero-order valence-corrected chi connectivity index (χ0v) is 81.0. The second-order valence-electron chi connectivity index (χ2n) is 34.6. The lowest BCUT2D eigenvalue weighted by molar-refractivity contribution is -0.128. The number of sulfone groups is 1. The first-order valence-corrected chi connectivity index (χ1v) is 54.6. The summed E-state index contributed by atoms with van der Waals surface area (Å²) in [6.45, 7) is 15.4. The Balaban J connectivity index is 0.000000169. The van der Waals surface area contributed by atoms with E-state index in [2.05, 4.69) is 53.6 Å². The van der Waals surface area contributed by atoms with Gasteiger partial charge in [-0.3, -0.25) is 65.9 Å². The van der Waals surface area contributed by atoms with Crippen LogP contribution in [-0.2, 0) is 99.8 Å². The van der Waals surface area contributed by atoms with Crippen molar-refractivity contribution < 1.29 is 66.8 Å². The molecule has 34 heteroatoms. The van der Waals surface area contributed by atoms with E-state index in [9.17, 15) is 66.8 Å². The lowest BCUT2D eigenvalue weighted by atomic mass is 10.0. The molecule has 22 nitrogen and oxygen atoms in total. The quantitative estimate of drug-likeness (QED) is 0.0314. The van der Waals surface area contributed by atoms with Gasteiger partial charge in [0.2, 0.25) is 0 Å². The van der Waals surface area contributed by atoms with Crippen LogP contribution >= 0.6 is 34.8 Å². The number of aryl methyl sites for hydroxylation is 1. The maximum Gasteiger partial charge on any atom is 0.274 e. The maximum absolute atomic E-state index is 14.1. The number of carbonyl (C=O) groups excluding carboxylic acids is 5. The minimum Gasteiger partial charge on any atom is -0.335 e. The Morgan fingerprint density at radius 1 is 0.423 bits per heavy atom. The first-order valence-electron chi connectivity index (χ1n) is 43.4. The number of rotatable bonds is 31. The van der Waals surface area contributed by atoms with Crippen LogP contribution in [0.4, 0.5) is 17.6 Å². The minimum absolute atomic E-state index is 0.0417. The van der Waals surface area contributed by atoms with E-state index in [0.29, 0.717) is 172 Å². The molecule has 0 spiro atoms. The van der Waals surface area contributed by atoms with Gasteiger partial charge in [0, 0.05) is 193 Å². The van der Waals surface area contributed by atoms with Gasteiger partial charge in [-0.2, -0.15) is 5.10 Å². The van der Waals surface area contributed by atoms with Crippen molar-refractivity contribution in [2.24, 2.45) is 43.6 Å². The molecule has 0 bridgehead atoms. The number of halogens is 7. The van der Waals surface area contributed by atoms with Gasteiger partial charge in [-0.1, -0.05) is 102 Å². The molecular weight excluding hydrogens is 1830 g/mol. The van der Waals surface area contributed by atoms with Crippen LogP contribution in [0.15, 0.2) is 182 Å². The molecule has 8 aliphatic rings. The number of hydrogen-bond acceptors (Lipinski definition) is 16. The summed E-state index contributed by atoms with van der Waals surface area (Å²) in [4.78, 5) is 89.7. The molecule has 0 aliphatic carbocycles. The highest BCUT2D eigenvalue weighted by atomic mass is 35.5. The molecule has 8 atom stereocenters. The first kappa shape index (κ1) is 103. The van der Waals surface area contributed by atoms with Crippen LogP contribution in [0.3, 0.4) is 0 Å². The fraction of sp³-hybridized carbons (Fsp3) is 0.438. The lowest BCUT2D eigenvalue weighted by Crippen LogP contribution is -2.36. The van der Waals surface area contributed by atoms with E-state index in [4.69, 9.17) is 34.8 Å². The molecule has 5 amide bonds. The molecule has 6 aromatic rings. The van der Waals surface area contributed by atoms with E-state index >= 15 is 0 Å². The number of nitrogens with one attached hydrogen (secondary N) is 1.